The van der Waals surface area contributed by atoms with E-state index < -0.39 is 44.9 Å². The minimum atomic E-state index is -1.79. The van der Waals surface area contributed by atoms with E-state index in [1.165, 1.54) is 30.3 Å². The summed E-state index contributed by atoms with van der Waals surface area (Å²) in [5, 5.41) is 27.7. The van der Waals surface area contributed by atoms with Gasteiger partial charge in [-0.15, -0.1) is 0 Å². The predicted molar refractivity (Wildman–Crippen MR) is 118 cm³/mol. The summed E-state index contributed by atoms with van der Waals surface area (Å²) in [6.07, 6.45) is 0. The van der Waals surface area contributed by atoms with Gasteiger partial charge in [-0.2, -0.15) is 5.10 Å². The summed E-state index contributed by atoms with van der Waals surface area (Å²) < 4.78 is 0. The van der Waals surface area contributed by atoms with Crippen LogP contribution in [0.2, 0.25) is 0 Å². The Morgan fingerprint density at radius 2 is 1.67 bits per heavy atom. The fraction of sp³-hybridized carbons (Fsp3) is 0.0556. The maximum Gasteiger partial charge on any atom is 0.282 e. The highest BCUT2D eigenvalue weighted by Crippen LogP contribution is 2.29. The predicted octanol–water partition coefficient (Wildman–Crippen LogP) is 0.820. The first-order chi connectivity index (χ1) is 15.6. The van der Waals surface area contributed by atoms with Crippen molar-refractivity contribution in [2.75, 3.05) is 10.2 Å². The van der Waals surface area contributed by atoms with Crippen LogP contribution in [0.25, 0.3) is 0 Å². The van der Waals surface area contributed by atoms with E-state index in [1.54, 1.807) is 0 Å². The molecular weight excluding hydrogens is 458 g/mol. The summed E-state index contributed by atoms with van der Waals surface area (Å²) in [7, 11) is 0. The van der Waals surface area contributed by atoms with Crippen molar-refractivity contribution in [3.63, 3.8) is 0 Å². The van der Waals surface area contributed by atoms with E-state index in [2.05, 4.69) is 28.1 Å². The zero-order valence-corrected chi connectivity index (χ0v) is 17.1. The normalized spacial score (nSPS) is 16.5. The minimum absolute atomic E-state index is 0.00935. The highest BCUT2D eigenvalue weighted by molar-refractivity contribution is 7.80. The fourth-order valence-corrected chi connectivity index (χ4v) is 3.00. The Balaban J connectivity index is 2.00. The van der Waals surface area contributed by atoms with E-state index in [0.29, 0.717) is 4.90 Å². The molecule has 1 heterocycles. The number of thiocarbonyl (C=S) groups is 1. The molecule has 2 aromatic carbocycles. The topological polar surface area (TPSA) is 203 Å². The number of non-ortho nitro benzene ring substituents is 2. The summed E-state index contributed by atoms with van der Waals surface area (Å²) in [6, 6.07) is 9.57. The Kier molecular flexibility index (Phi) is 6.34. The Morgan fingerprint density at radius 1 is 1.06 bits per heavy atom. The van der Waals surface area contributed by atoms with Gasteiger partial charge in [0.1, 0.15) is 5.71 Å². The molecule has 3 rings (SSSR count). The van der Waals surface area contributed by atoms with Crippen molar-refractivity contribution in [3.8, 4) is 0 Å². The number of nitrogens with two attached hydrogens (primary N) is 1. The number of anilines is 2. The molecule has 33 heavy (non-hydrogen) atoms. The van der Waals surface area contributed by atoms with E-state index in [-0.39, 0.29) is 22.2 Å². The van der Waals surface area contributed by atoms with Gasteiger partial charge in [0.25, 0.3) is 23.2 Å². The Bertz CT molecular complexity index is 1250. The molecule has 14 nitrogen and oxygen atoms in total. The van der Waals surface area contributed by atoms with E-state index in [9.17, 15) is 34.6 Å². The lowest BCUT2D eigenvalue weighted by atomic mass is 10.0. The second kappa shape index (κ2) is 9.15. The van der Waals surface area contributed by atoms with Crippen LogP contribution >= 0.6 is 12.2 Å². The zero-order valence-electron chi connectivity index (χ0n) is 16.3. The van der Waals surface area contributed by atoms with Crippen molar-refractivity contribution in [1.82, 2.24) is 5.43 Å². The van der Waals surface area contributed by atoms with Crippen LogP contribution < -0.4 is 21.4 Å². The SMILES string of the molecule is NC(=S)N/N=C1/C(=O)N(c2cccc([N+](=O)[O-])c2)C(=O)[C@H]1C(=O)Nc1cccc([N+](=O)[O-])c1. The summed E-state index contributed by atoms with van der Waals surface area (Å²) in [4.78, 5) is 60.1. The number of amides is 3. The maximum atomic E-state index is 13.1. The van der Waals surface area contributed by atoms with Crippen LogP contribution in [-0.4, -0.2) is 38.4 Å². The van der Waals surface area contributed by atoms with Crippen molar-refractivity contribution < 1.29 is 24.2 Å². The van der Waals surface area contributed by atoms with Crippen LogP contribution in [0.5, 0.6) is 0 Å². The number of carbonyl (C=O) groups excluding carboxylic acids is 3. The van der Waals surface area contributed by atoms with Crippen molar-refractivity contribution in [1.29, 1.82) is 0 Å². The molecule has 0 saturated carbocycles. The van der Waals surface area contributed by atoms with Gasteiger partial charge in [0.05, 0.1) is 15.5 Å². The third-order valence-electron chi connectivity index (χ3n) is 4.33. The number of hydrogen-bond donors (Lipinski definition) is 3. The lowest BCUT2D eigenvalue weighted by molar-refractivity contribution is -0.385. The highest BCUT2D eigenvalue weighted by atomic mass is 32.1. The summed E-state index contributed by atoms with van der Waals surface area (Å²) in [5.41, 5.74) is 5.98. The largest absolute Gasteiger partial charge is 0.375 e. The van der Waals surface area contributed by atoms with Gasteiger partial charge in [0, 0.05) is 30.0 Å². The smallest absolute Gasteiger partial charge is 0.282 e. The summed E-state index contributed by atoms with van der Waals surface area (Å²) in [5.74, 6) is -4.90. The average Bonchev–Trinajstić information content (AvgIpc) is 3.01. The molecule has 4 N–H and O–H groups in total. The molecule has 0 unspecified atom stereocenters. The molecule has 2 aromatic rings. The van der Waals surface area contributed by atoms with Crippen LogP contribution in [0.3, 0.4) is 0 Å². The second-order valence-corrected chi connectivity index (χ2v) is 6.90. The number of benzene rings is 2. The zero-order chi connectivity index (χ0) is 24.3. The van der Waals surface area contributed by atoms with Gasteiger partial charge >= 0.3 is 0 Å². The summed E-state index contributed by atoms with van der Waals surface area (Å²) in [6.45, 7) is 0. The number of nitro groups is 2. The van der Waals surface area contributed by atoms with Crippen LogP contribution in [-0.2, 0) is 14.4 Å². The summed E-state index contributed by atoms with van der Waals surface area (Å²) >= 11 is 4.63. The number of rotatable bonds is 6. The molecular formula is C18H13N7O7S. The van der Waals surface area contributed by atoms with Gasteiger partial charge in [-0.25, -0.2) is 4.90 Å². The van der Waals surface area contributed by atoms with Gasteiger partial charge in [0.15, 0.2) is 11.0 Å². The monoisotopic (exact) mass is 471 g/mol. The van der Waals surface area contributed by atoms with Gasteiger partial charge in [-0.3, -0.25) is 40.0 Å². The molecule has 0 radical (unpaired) electrons. The van der Waals surface area contributed by atoms with E-state index in [4.69, 9.17) is 5.73 Å². The fourth-order valence-electron chi connectivity index (χ4n) is 2.95. The number of nitrogens with zero attached hydrogens (tertiary/aromatic N) is 4. The number of imide groups is 1. The molecule has 1 saturated heterocycles. The number of carbonyl (C=O) groups is 3. The van der Waals surface area contributed by atoms with Crippen molar-refractivity contribution in [3.05, 3.63) is 68.8 Å². The second-order valence-electron chi connectivity index (χ2n) is 6.46. The molecule has 3 amide bonds. The van der Waals surface area contributed by atoms with E-state index >= 15 is 0 Å². The lowest BCUT2D eigenvalue weighted by Crippen LogP contribution is -2.35. The molecule has 0 bridgehead atoms. The van der Waals surface area contributed by atoms with E-state index in [1.807, 2.05) is 0 Å². The quantitative estimate of drug-likeness (QED) is 0.178. The first-order valence-corrected chi connectivity index (χ1v) is 9.32. The number of nitrogens with one attached hydrogen (secondary N) is 2. The Hall–Kier alpha value is -4.79. The van der Waals surface area contributed by atoms with Crippen LogP contribution in [0.15, 0.2) is 53.6 Å². The third kappa shape index (κ3) is 4.77. The van der Waals surface area contributed by atoms with Crippen LogP contribution in [0, 0.1) is 26.1 Å². The molecule has 1 aliphatic heterocycles. The third-order valence-corrected chi connectivity index (χ3v) is 4.43. The first kappa shape index (κ1) is 22.9. The highest BCUT2D eigenvalue weighted by Gasteiger charge is 2.50. The number of hydrazone groups is 1. The molecule has 0 aromatic heterocycles. The number of nitro benzene ring substituents is 2. The van der Waals surface area contributed by atoms with Gasteiger partial charge < -0.3 is 11.1 Å². The van der Waals surface area contributed by atoms with Crippen molar-refractivity contribution in [2.45, 2.75) is 0 Å². The molecule has 15 heteroatoms. The van der Waals surface area contributed by atoms with Gasteiger partial charge in [-0.05, 0) is 24.4 Å². The van der Waals surface area contributed by atoms with Crippen molar-refractivity contribution in [2.24, 2.45) is 16.8 Å². The average molecular weight is 471 g/mol. The molecule has 168 valence electrons. The molecule has 0 aliphatic carbocycles. The van der Waals surface area contributed by atoms with Crippen LogP contribution in [0.1, 0.15) is 0 Å². The minimum Gasteiger partial charge on any atom is -0.375 e. The maximum absolute atomic E-state index is 13.1. The Morgan fingerprint density at radius 3 is 2.27 bits per heavy atom. The van der Waals surface area contributed by atoms with Gasteiger partial charge in [-0.1, -0.05) is 12.1 Å². The standard InChI is InChI=1S/C18H13N7O7S/c19-18(33)22-21-14-13(15(26)20-9-3-1-5-11(7-9)24(29)30)16(27)23(17(14)28)10-4-2-6-12(8-10)25(31)32/h1-8,13H,(H,20,26)(H3,19,22,33)/b21-14+/t13-/m1/s1. The lowest BCUT2D eigenvalue weighted by Gasteiger charge is -2.14. The molecule has 0 spiro atoms. The Labute approximate surface area is 189 Å². The number of hydrogen-bond acceptors (Lipinski definition) is 9. The van der Waals surface area contributed by atoms with Crippen molar-refractivity contribution >= 4 is 63.5 Å². The molecule has 1 fully saturated rings. The van der Waals surface area contributed by atoms with E-state index in [0.717, 1.165) is 18.2 Å². The first-order valence-electron chi connectivity index (χ1n) is 8.91. The molecule has 1 aliphatic rings. The molecule has 1 atom stereocenters. The van der Waals surface area contributed by atoms with Crippen LogP contribution in [0.4, 0.5) is 22.7 Å². The van der Waals surface area contributed by atoms with Gasteiger partial charge in [0.2, 0.25) is 5.91 Å².